The molecule has 0 spiro atoms. The standard InChI is InChI=1S/C74H40N4OS2/c75-41-58-65(44-20-6-2-7-21-44)59(42-76)69(78-70-51(35-37-54-50-25-12-15-33-64(50)80-73(54)70)52-36-38-55-53-29-16-28-48(43-18-4-1-5-19-43)72(53)81-74(55)71(52)78)66(45-22-8-3-9-23-45)68(58)77-60-30-13-10-24-49(60)57-40-46(34-39-61(57)77)47-27-17-32-63-67(47)56-26-11-14-31-62(56)79-63/h1-40H. The second kappa shape index (κ2) is 17.5. The van der Waals surface area contributed by atoms with Gasteiger partial charge in [0.05, 0.1) is 54.0 Å². The normalized spacial score (nSPS) is 11.9. The lowest BCUT2D eigenvalue weighted by atomic mass is 9.86. The zero-order valence-corrected chi connectivity index (χ0v) is 44.7. The summed E-state index contributed by atoms with van der Waals surface area (Å²) in [5.74, 6) is 0. The van der Waals surface area contributed by atoms with Crippen LogP contribution in [0.15, 0.2) is 247 Å². The van der Waals surface area contributed by atoms with Crippen molar-refractivity contribution in [2.75, 3.05) is 0 Å². The fourth-order valence-corrected chi connectivity index (χ4v) is 15.9. The van der Waals surface area contributed by atoms with Crippen molar-refractivity contribution >= 4 is 129 Å². The van der Waals surface area contributed by atoms with Gasteiger partial charge in [-0.05, 0) is 69.8 Å². The highest BCUT2D eigenvalue weighted by Gasteiger charge is 2.33. The predicted octanol–water partition coefficient (Wildman–Crippen LogP) is 20.9. The van der Waals surface area contributed by atoms with E-state index in [4.69, 9.17) is 4.42 Å². The minimum atomic E-state index is 0.411. The molecule has 12 aromatic carbocycles. The van der Waals surface area contributed by atoms with Crippen molar-refractivity contribution in [3.63, 3.8) is 0 Å². The lowest BCUT2D eigenvalue weighted by Crippen LogP contribution is -2.11. The molecule has 0 amide bonds. The molecule has 0 saturated carbocycles. The Labute approximate surface area is 471 Å². The summed E-state index contributed by atoms with van der Waals surface area (Å²) in [5, 5.41) is 35.6. The zero-order valence-electron chi connectivity index (χ0n) is 43.1. The van der Waals surface area contributed by atoms with Crippen LogP contribution in [-0.4, -0.2) is 9.13 Å². The van der Waals surface area contributed by atoms with Crippen molar-refractivity contribution in [2.45, 2.75) is 0 Å². The quantitative estimate of drug-likeness (QED) is 0.167. The number of hydrogen-bond acceptors (Lipinski definition) is 5. The number of furan rings is 1. The molecule has 7 heteroatoms. The molecule has 0 bridgehead atoms. The van der Waals surface area contributed by atoms with Crippen LogP contribution in [0, 0.1) is 22.7 Å². The first-order chi connectivity index (χ1) is 40.1. The average molecular weight is 1070 g/mol. The predicted molar refractivity (Wildman–Crippen MR) is 339 cm³/mol. The van der Waals surface area contributed by atoms with Crippen molar-refractivity contribution in [3.8, 4) is 68.0 Å². The van der Waals surface area contributed by atoms with Crippen LogP contribution in [0.5, 0.6) is 0 Å². The summed E-state index contributed by atoms with van der Waals surface area (Å²) in [6.45, 7) is 0. The molecule has 5 heterocycles. The molecule has 5 aromatic heterocycles. The van der Waals surface area contributed by atoms with Gasteiger partial charge in [-0.1, -0.05) is 206 Å². The van der Waals surface area contributed by atoms with Crippen LogP contribution in [0.4, 0.5) is 0 Å². The highest BCUT2D eigenvalue weighted by atomic mass is 32.1. The average Bonchev–Trinajstić information content (AvgIpc) is 4.14. The molecule has 17 aromatic rings. The van der Waals surface area contributed by atoms with Crippen LogP contribution in [0.2, 0.25) is 0 Å². The third-order valence-electron chi connectivity index (χ3n) is 16.6. The van der Waals surface area contributed by atoms with E-state index in [1.807, 2.05) is 65.9 Å². The summed E-state index contributed by atoms with van der Waals surface area (Å²) in [6.07, 6.45) is 0. The number of para-hydroxylation sites is 2. The van der Waals surface area contributed by atoms with Gasteiger partial charge in [0, 0.05) is 74.4 Å². The molecule has 0 aliphatic rings. The van der Waals surface area contributed by atoms with Crippen LogP contribution >= 0.6 is 22.7 Å². The minimum absolute atomic E-state index is 0.411. The van der Waals surface area contributed by atoms with Crippen molar-refractivity contribution < 1.29 is 4.42 Å². The highest BCUT2D eigenvalue weighted by Crippen LogP contribution is 2.53. The lowest BCUT2D eigenvalue weighted by molar-refractivity contribution is 0.669. The summed E-state index contributed by atoms with van der Waals surface area (Å²) < 4.78 is 15.8. The smallest absolute Gasteiger partial charge is 0.136 e. The first-order valence-corrected chi connectivity index (χ1v) is 28.7. The van der Waals surface area contributed by atoms with Gasteiger partial charge in [-0.25, -0.2) is 0 Å². The van der Waals surface area contributed by atoms with E-state index in [1.165, 1.54) is 25.7 Å². The molecule has 374 valence electrons. The number of thiophene rings is 2. The number of nitriles is 2. The number of nitrogens with zero attached hydrogens (tertiary/aromatic N) is 4. The number of fused-ring (bicyclic) bond motifs is 17. The van der Waals surface area contributed by atoms with Crippen LogP contribution in [-0.2, 0) is 0 Å². The molecule has 0 N–H and O–H groups in total. The molecular formula is C74H40N4OS2. The van der Waals surface area contributed by atoms with Gasteiger partial charge in [0.1, 0.15) is 23.3 Å². The maximum Gasteiger partial charge on any atom is 0.136 e. The van der Waals surface area contributed by atoms with Gasteiger partial charge in [-0.3, -0.25) is 0 Å². The highest BCUT2D eigenvalue weighted by molar-refractivity contribution is 7.27. The van der Waals surface area contributed by atoms with E-state index in [9.17, 15) is 10.5 Å². The van der Waals surface area contributed by atoms with Crippen LogP contribution in [0.3, 0.4) is 0 Å². The van der Waals surface area contributed by atoms with Gasteiger partial charge in [0.25, 0.3) is 0 Å². The first-order valence-electron chi connectivity index (χ1n) is 27.0. The van der Waals surface area contributed by atoms with Crippen molar-refractivity contribution in [2.24, 2.45) is 0 Å². The second-order valence-electron chi connectivity index (χ2n) is 20.8. The Balaban J connectivity index is 1.09. The lowest BCUT2D eigenvalue weighted by Gasteiger charge is -2.25. The zero-order chi connectivity index (χ0) is 53.4. The summed E-state index contributed by atoms with van der Waals surface area (Å²) in [4.78, 5) is 0. The monoisotopic (exact) mass is 1060 g/mol. The Kier molecular flexibility index (Phi) is 9.82. The molecule has 81 heavy (non-hydrogen) atoms. The largest absolute Gasteiger partial charge is 0.456 e. The minimum Gasteiger partial charge on any atom is -0.456 e. The molecule has 17 rings (SSSR count). The molecular weight excluding hydrogens is 1020 g/mol. The topological polar surface area (TPSA) is 70.6 Å². The van der Waals surface area contributed by atoms with Gasteiger partial charge >= 0.3 is 0 Å². The Bertz CT molecular complexity index is 5610. The molecule has 0 radical (unpaired) electrons. The van der Waals surface area contributed by atoms with Crippen LogP contribution in [0.1, 0.15) is 11.1 Å². The maximum absolute atomic E-state index is 12.4. The summed E-state index contributed by atoms with van der Waals surface area (Å²) in [6, 6.07) is 91.1. The van der Waals surface area contributed by atoms with Crippen molar-refractivity contribution in [1.82, 2.24) is 9.13 Å². The first kappa shape index (κ1) is 45.5. The second-order valence-corrected chi connectivity index (χ2v) is 22.8. The third kappa shape index (κ3) is 6.45. The van der Waals surface area contributed by atoms with Gasteiger partial charge in [0.2, 0.25) is 0 Å². The molecule has 0 aliphatic carbocycles. The maximum atomic E-state index is 12.4. The SMILES string of the molecule is N#Cc1c(-c2ccccc2)c(C#N)c(-n2c3c(ccc4c5ccccc5sc43)c3ccc4c5cccc(-c6ccccc6)c5sc4c32)c(-c2ccccc2)c1-n1c2ccccc2c2cc(-c3cccc4oc5ccccc5c34)ccc21. The van der Waals surface area contributed by atoms with E-state index in [0.717, 1.165) is 125 Å². The Morgan fingerprint density at radius 2 is 0.852 bits per heavy atom. The number of benzene rings is 12. The molecule has 0 saturated heterocycles. The molecule has 0 atom stereocenters. The molecule has 0 aliphatic heterocycles. The van der Waals surface area contributed by atoms with Crippen LogP contribution in [0.25, 0.3) is 162 Å². The van der Waals surface area contributed by atoms with E-state index in [-0.39, 0.29) is 0 Å². The van der Waals surface area contributed by atoms with Crippen LogP contribution < -0.4 is 0 Å². The Morgan fingerprint density at radius 3 is 1.58 bits per heavy atom. The fourth-order valence-electron chi connectivity index (χ4n) is 13.2. The summed E-state index contributed by atoms with van der Waals surface area (Å²) in [7, 11) is 0. The van der Waals surface area contributed by atoms with E-state index < -0.39 is 0 Å². The van der Waals surface area contributed by atoms with Gasteiger partial charge in [-0.15, -0.1) is 22.7 Å². The van der Waals surface area contributed by atoms with E-state index in [1.54, 1.807) is 11.3 Å². The van der Waals surface area contributed by atoms with E-state index in [2.05, 4.69) is 209 Å². The van der Waals surface area contributed by atoms with E-state index >= 15 is 0 Å². The van der Waals surface area contributed by atoms with Crippen molar-refractivity contribution in [1.29, 1.82) is 10.5 Å². The Morgan fingerprint density at radius 1 is 0.333 bits per heavy atom. The summed E-state index contributed by atoms with van der Waals surface area (Å²) >= 11 is 3.61. The molecule has 5 nitrogen and oxygen atoms in total. The summed E-state index contributed by atoms with van der Waals surface area (Å²) in [5.41, 5.74) is 15.3. The third-order valence-corrected chi connectivity index (χ3v) is 19.1. The van der Waals surface area contributed by atoms with E-state index in [0.29, 0.717) is 22.4 Å². The number of hydrogen-bond donors (Lipinski definition) is 0. The molecule has 0 fully saturated rings. The van der Waals surface area contributed by atoms with Gasteiger partial charge in [-0.2, -0.15) is 10.5 Å². The van der Waals surface area contributed by atoms with Gasteiger partial charge in [0.15, 0.2) is 0 Å². The molecule has 0 unspecified atom stereocenters. The van der Waals surface area contributed by atoms with Crippen molar-refractivity contribution in [3.05, 3.63) is 254 Å². The Hall–Kier alpha value is -10.5. The number of rotatable bonds is 6. The number of aromatic nitrogens is 2. The van der Waals surface area contributed by atoms with Gasteiger partial charge < -0.3 is 13.6 Å². The fraction of sp³-hybridized carbons (Fsp3) is 0.